The van der Waals surface area contributed by atoms with Gasteiger partial charge in [0.2, 0.25) is 5.91 Å². The highest BCUT2D eigenvalue weighted by molar-refractivity contribution is 5.85. The number of amides is 1. The van der Waals surface area contributed by atoms with Crippen molar-refractivity contribution in [2.45, 2.75) is 52.1 Å². The minimum Gasteiger partial charge on any atom is -0.496 e. The molecule has 2 unspecified atom stereocenters. The van der Waals surface area contributed by atoms with Crippen molar-refractivity contribution in [2.24, 2.45) is 11.7 Å². The molecule has 1 aromatic rings. The number of ether oxygens (including phenoxy) is 1. The minimum atomic E-state index is -0.422. The summed E-state index contributed by atoms with van der Waals surface area (Å²) < 4.78 is 5.38. The van der Waals surface area contributed by atoms with E-state index in [9.17, 15) is 4.79 Å². The molecule has 1 rings (SSSR count). The first-order valence-corrected chi connectivity index (χ1v) is 7.67. The summed E-state index contributed by atoms with van der Waals surface area (Å²) in [5, 5.41) is 3.08. The molecule has 0 aliphatic carbocycles. The van der Waals surface area contributed by atoms with Gasteiger partial charge in [0.1, 0.15) is 5.75 Å². The Bertz CT molecular complexity index is 452. The zero-order valence-electron chi connectivity index (χ0n) is 14.0. The monoisotopic (exact) mass is 328 g/mol. The van der Waals surface area contributed by atoms with E-state index in [1.54, 1.807) is 7.11 Å². The predicted octanol–water partition coefficient (Wildman–Crippen LogP) is 2.93. The molecule has 0 bridgehead atoms. The van der Waals surface area contributed by atoms with E-state index in [1.165, 1.54) is 0 Å². The highest BCUT2D eigenvalue weighted by Gasteiger charge is 2.21. The predicted molar refractivity (Wildman–Crippen MR) is 93.6 cm³/mol. The van der Waals surface area contributed by atoms with Crippen molar-refractivity contribution >= 4 is 18.3 Å². The van der Waals surface area contributed by atoms with E-state index in [2.05, 4.69) is 19.2 Å². The standard InChI is InChI=1S/C17H28N2O2.ClH/c1-5-8-14(18)17(20)19-15(12(2)3)11-13-9-6-7-10-16(13)21-4;/h6-7,9-10,12,14-15H,5,8,11,18H2,1-4H3,(H,19,20);1H. The highest BCUT2D eigenvalue weighted by Crippen LogP contribution is 2.21. The number of para-hydroxylation sites is 1. The zero-order chi connectivity index (χ0) is 15.8. The molecule has 0 saturated heterocycles. The second-order valence-corrected chi connectivity index (χ2v) is 5.77. The van der Waals surface area contributed by atoms with Crippen LogP contribution in [0.25, 0.3) is 0 Å². The Hall–Kier alpha value is -1.26. The second kappa shape index (κ2) is 10.5. The molecule has 5 heteroatoms. The van der Waals surface area contributed by atoms with E-state index in [0.717, 1.165) is 24.2 Å². The van der Waals surface area contributed by atoms with E-state index < -0.39 is 6.04 Å². The number of hydrogen-bond donors (Lipinski definition) is 2. The van der Waals surface area contributed by atoms with E-state index in [1.807, 2.05) is 31.2 Å². The molecule has 4 nitrogen and oxygen atoms in total. The SMILES string of the molecule is CCCC(N)C(=O)NC(Cc1ccccc1OC)C(C)C.Cl. The summed E-state index contributed by atoms with van der Waals surface area (Å²) in [7, 11) is 1.67. The summed E-state index contributed by atoms with van der Waals surface area (Å²) in [6.45, 7) is 6.24. The van der Waals surface area contributed by atoms with Crippen LogP contribution < -0.4 is 15.8 Å². The van der Waals surface area contributed by atoms with Crippen molar-refractivity contribution in [1.29, 1.82) is 0 Å². The number of rotatable bonds is 8. The number of nitrogens with one attached hydrogen (secondary N) is 1. The lowest BCUT2D eigenvalue weighted by molar-refractivity contribution is -0.123. The Kier molecular flexibility index (Phi) is 9.86. The van der Waals surface area contributed by atoms with Crippen LogP contribution in [0.15, 0.2) is 24.3 Å². The molecule has 0 aliphatic rings. The fourth-order valence-electron chi connectivity index (χ4n) is 2.29. The zero-order valence-corrected chi connectivity index (χ0v) is 14.8. The van der Waals surface area contributed by atoms with Gasteiger partial charge in [-0.15, -0.1) is 12.4 Å². The summed E-state index contributed by atoms with van der Waals surface area (Å²) in [4.78, 5) is 12.1. The van der Waals surface area contributed by atoms with Crippen LogP contribution in [0.4, 0.5) is 0 Å². The molecular formula is C17H29ClN2O2. The molecule has 1 aromatic carbocycles. The Labute approximate surface area is 140 Å². The number of carbonyl (C=O) groups is 1. The van der Waals surface area contributed by atoms with Gasteiger partial charge in [0.05, 0.1) is 13.2 Å². The van der Waals surface area contributed by atoms with Gasteiger partial charge in [-0.05, 0) is 30.4 Å². The minimum absolute atomic E-state index is 0. The number of nitrogens with two attached hydrogens (primary N) is 1. The average molecular weight is 329 g/mol. The van der Waals surface area contributed by atoms with Gasteiger partial charge < -0.3 is 15.8 Å². The van der Waals surface area contributed by atoms with Gasteiger partial charge in [-0.25, -0.2) is 0 Å². The Balaban J connectivity index is 0.00000441. The fraction of sp³-hybridized carbons (Fsp3) is 0.588. The smallest absolute Gasteiger partial charge is 0.237 e. The van der Waals surface area contributed by atoms with Crippen molar-refractivity contribution < 1.29 is 9.53 Å². The van der Waals surface area contributed by atoms with Gasteiger partial charge in [0, 0.05) is 6.04 Å². The number of halogens is 1. The number of hydrogen-bond acceptors (Lipinski definition) is 3. The molecule has 0 aromatic heterocycles. The molecule has 2 atom stereocenters. The molecule has 0 heterocycles. The van der Waals surface area contributed by atoms with Crippen molar-refractivity contribution in [3.05, 3.63) is 29.8 Å². The lowest BCUT2D eigenvalue weighted by Crippen LogP contribution is -2.48. The molecule has 3 N–H and O–H groups in total. The maximum atomic E-state index is 12.1. The van der Waals surface area contributed by atoms with Crippen LogP contribution in [0, 0.1) is 5.92 Å². The van der Waals surface area contributed by atoms with Gasteiger partial charge in [-0.3, -0.25) is 4.79 Å². The largest absolute Gasteiger partial charge is 0.496 e. The molecule has 126 valence electrons. The first-order valence-electron chi connectivity index (χ1n) is 7.67. The first kappa shape index (κ1) is 20.7. The third-order valence-corrected chi connectivity index (χ3v) is 3.70. The quantitative estimate of drug-likeness (QED) is 0.771. The van der Waals surface area contributed by atoms with E-state index in [-0.39, 0.29) is 24.4 Å². The second-order valence-electron chi connectivity index (χ2n) is 5.77. The van der Waals surface area contributed by atoms with Crippen molar-refractivity contribution in [3.8, 4) is 5.75 Å². The normalized spacial score (nSPS) is 13.2. The maximum absolute atomic E-state index is 12.1. The number of methoxy groups -OCH3 is 1. The molecule has 0 spiro atoms. The van der Waals surface area contributed by atoms with E-state index in [4.69, 9.17) is 10.5 Å². The van der Waals surface area contributed by atoms with Crippen LogP contribution in [0.1, 0.15) is 39.2 Å². The first-order chi connectivity index (χ1) is 9.99. The third kappa shape index (κ3) is 6.24. The summed E-state index contributed by atoms with van der Waals surface area (Å²) in [6.07, 6.45) is 2.37. The van der Waals surface area contributed by atoms with Crippen LogP contribution in [-0.4, -0.2) is 25.1 Å². The molecule has 0 radical (unpaired) electrons. The van der Waals surface area contributed by atoms with Gasteiger partial charge in [-0.1, -0.05) is 45.4 Å². The molecule has 0 aliphatic heterocycles. The van der Waals surface area contributed by atoms with Gasteiger partial charge in [0.15, 0.2) is 0 Å². The topological polar surface area (TPSA) is 64.4 Å². The van der Waals surface area contributed by atoms with E-state index in [0.29, 0.717) is 12.3 Å². The fourth-order valence-corrected chi connectivity index (χ4v) is 2.29. The molecule has 1 amide bonds. The Morgan fingerprint density at radius 1 is 1.32 bits per heavy atom. The van der Waals surface area contributed by atoms with Gasteiger partial charge in [0.25, 0.3) is 0 Å². The lowest BCUT2D eigenvalue weighted by atomic mass is 9.95. The van der Waals surface area contributed by atoms with Crippen LogP contribution in [-0.2, 0) is 11.2 Å². The number of benzene rings is 1. The van der Waals surface area contributed by atoms with Crippen molar-refractivity contribution in [2.75, 3.05) is 7.11 Å². The summed E-state index contributed by atoms with van der Waals surface area (Å²) in [5.41, 5.74) is 6.99. The molecule has 22 heavy (non-hydrogen) atoms. The van der Waals surface area contributed by atoms with Gasteiger partial charge in [-0.2, -0.15) is 0 Å². The van der Waals surface area contributed by atoms with Crippen LogP contribution >= 0.6 is 12.4 Å². The van der Waals surface area contributed by atoms with Crippen molar-refractivity contribution in [1.82, 2.24) is 5.32 Å². The van der Waals surface area contributed by atoms with Crippen LogP contribution in [0.3, 0.4) is 0 Å². The molecule has 0 saturated carbocycles. The Morgan fingerprint density at radius 2 is 1.95 bits per heavy atom. The molecule has 0 fully saturated rings. The van der Waals surface area contributed by atoms with Crippen molar-refractivity contribution in [3.63, 3.8) is 0 Å². The number of carbonyl (C=O) groups excluding carboxylic acids is 1. The highest BCUT2D eigenvalue weighted by atomic mass is 35.5. The van der Waals surface area contributed by atoms with Gasteiger partial charge >= 0.3 is 0 Å². The summed E-state index contributed by atoms with van der Waals surface area (Å²) >= 11 is 0. The summed E-state index contributed by atoms with van der Waals surface area (Å²) in [5.74, 6) is 1.12. The average Bonchev–Trinajstić information content (AvgIpc) is 2.47. The lowest BCUT2D eigenvalue weighted by Gasteiger charge is -2.25. The maximum Gasteiger partial charge on any atom is 0.237 e. The third-order valence-electron chi connectivity index (χ3n) is 3.70. The summed E-state index contributed by atoms with van der Waals surface area (Å²) in [6, 6.07) is 7.54. The molecular weight excluding hydrogens is 300 g/mol. The Morgan fingerprint density at radius 3 is 2.50 bits per heavy atom. The van der Waals surface area contributed by atoms with Crippen LogP contribution in [0.2, 0.25) is 0 Å². The van der Waals surface area contributed by atoms with E-state index >= 15 is 0 Å². The van der Waals surface area contributed by atoms with Crippen LogP contribution in [0.5, 0.6) is 5.75 Å².